The SMILES string of the molecule is CC(=O)Nc1c(C)cccc1C.CCN(C)CCCCNC.Cc1cccc(C)c1NC=O. The van der Waals surface area contributed by atoms with Crippen LogP contribution in [0, 0.1) is 27.7 Å². The van der Waals surface area contributed by atoms with Gasteiger partial charge in [0.05, 0.1) is 0 Å². The molecule has 0 heterocycles. The number of aryl methyl sites for hydroxylation is 4. The minimum absolute atomic E-state index is 0.0209. The molecule has 0 fully saturated rings. The van der Waals surface area contributed by atoms with E-state index in [0.717, 1.165) is 40.2 Å². The van der Waals surface area contributed by atoms with Gasteiger partial charge in [0.15, 0.2) is 0 Å². The fourth-order valence-electron chi connectivity index (χ4n) is 3.13. The van der Waals surface area contributed by atoms with Crippen LogP contribution in [0.1, 0.15) is 48.9 Å². The lowest BCUT2D eigenvalue weighted by molar-refractivity contribution is -0.114. The number of amides is 2. The number of para-hydroxylation sites is 2. The highest BCUT2D eigenvalue weighted by molar-refractivity contribution is 5.90. The van der Waals surface area contributed by atoms with E-state index >= 15 is 0 Å². The van der Waals surface area contributed by atoms with Crippen LogP contribution < -0.4 is 16.0 Å². The first-order valence-corrected chi connectivity index (χ1v) is 11.6. The summed E-state index contributed by atoms with van der Waals surface area (Å²) in [5, 5.41) is 8.61. The number of carbonyl (C=O) groups is 2. The average molecular weight is 457 g/mol. The Bertz CT molecular complexity index is 796. The van der Waals surface area contributed by atoms with Crippen LogP contribution in [0.4, 0.5) is 11.4 Å². The van der Waals surface area contributed by atoms with E-state index in [9.17, 15) is 9.59 Å². The second-order valence-corrected chi connectivity index (χ2v) is 8.18. The predicted molar refractivity (Wildman–Crippen MR) is 142 cm³/mol. The molecule has 0 aliphatic heterocycles. The molecule has 0 aromatic heterocycles. The zero-order chi connectivity index (χ0) is 25.2. The Kier molecular flexibility index (Phi) is 16.4. The molecular weight excluding hydrogens is 412 g/mol. The van der Waals surface area contributed by atoms with Crippen molar-refractivity contribution in [3.05, 3.63) is 58.7 Å². The molecule has 184 valence electrons. The number of hydrogen-bond donors (Lipinski definition) is 3. The number of carbonyl (C=O) groups excluding carboxylic acids is 2. The third-order valence-electron chi connectivity index (χ3n) is 5.22. The summed E-state index contributed by atoms with van der Waals surface area (Å²) < 4.78 is 0. The molecule has 33 heavy (non-hydrogen) atoms. The average Bonchev–Trinajstić information content (AvgIpc) is 2.77. The largest absolute Gasteiger partial charge is 0.328 e. The number of benzene rings is 2. The van der Waals surface area contributed by atoms with Crippen molar-refractivity contribution in [2.45, 2.75) is 54.4 Å². The van der Waals surface area contributed by atoms with E-state index in [1.807, 2.05) is 71.1 Å². The Hall–Kier alpha value is -2.70. The smallest absolute Gasteiger partial charge is 0.221 e. The Morgan fingerprint density at radius 2 is 1.39 bits per heavy atom. The van der Waals surface area contributed by atoms with Gasteiger partial charge in [0.1, 0.15) is 0 Å². The van der Waals surface area contributed by atoms with Crippen LogP contribution in [-0.2, 0) is 9.59 Å². The van der Waals surface area contributed by atoms with Gasteiger partial charge in [-0.3, -0.25) is 9.59 Å². The van der Waals surface area contributed by atoms with Gasteiger partial charge in [0.25, 0.3) is 0 Å². The van der Waals surface area contributed by atoms with Crippen LogP contribution in [0.25, 0.3) is 0 Å². The Morgan fingerprint density at radius 3 is 1.79 bits per heavy atom. The molecule has 3 N–H and O–H groups in total. The Balaban J connectivity index is 0.000000468. The molecule has 0 saturated carbocycles. The van der Waals surface area contributed by atoms with Crippen LogP contribution in [0.3, 0.4) is 0 Å². The van der Waals surface area contributed by atoms with Gasteiger partial charge in [-0.1, -0.05) is 43.3 Å². The molecule has 2 aromatic rings. The van der Waals surface area contributed by atoms with Crippen molar-refractivity contribution in [2.75, 3.05) is 44.4 Å². The third-order valence-corrected chi connectivity index (χ3v) is 5.22. The number of nitrogens with one attached hydrogen (secondary N) is 3. The highest BCUT2D eigenvalue weighted by atomic mass is 16.1. The van der Waals surface area contributed by atoms with Crippen molar-refractivity contribution in [3.8, 4) is 0 Å². The monoisotopic (exact) mass is 456 g/mol. The highest BCUT2D eigenvalue weighted by Gasteiger charge is 2.02. The number of anilines is 2. The van der Waals surface area contributed by atoms with Crippen molar-refractivity contribution in [1.82, 2.24) is 10.2 Å². The summed E-state index contributed by atoms with van der Waals surface area (Å²) in [5.74, 6) is -0.0209. The molecule has 0 bridgehead atoms. The predicted octanol–water partition coefficient (Wildman–Crippen LogP) is 5.07. The first kappa shape index (κ1) is 30.3. The molecule has 0 saturated heterocycles. The molecule has 0 spiro atoms. The lowest BCUT2D eigenvalue weighted by atomic mass is 10.1. The van der Waals surface area contributed by atoms with Crippen molar-refractivity contribution in [3.63, 3.8) is 0 Å². The van der Waals surface area contributed by atoms with Crippen molar-refractivity contribution in [1.29, 1.82) is 0 Å². The minimum atomic E-state index is -0.0209. The van der Waals surface area contributed by atoms with Crippen molar-refractivity contribution in [2.24, 2.45) is 0 Å². The summed E-state index contributed by atoms with van der Waals surface area (Å²) in [5.41, 5.74) is 6.25. The summed E-state index contributed by atoms with van der Waals surface area (Å²) >= 11 is 0. The maximum atomic E-state index is 10.8. The van der Waals surface area contributed by atoms with Crippen LogP contribution in [0.15, 0.2) is 36.4 Å². The number of hydrogen-bond acceptors (Lipinski definition) is 4. The zero-order valence-electron chi connectivity index (χ0n) is 21.8. The topological polar surface area (TPSA) is 73.5 Å². The second-order valence-electron chi connectivity index (χ2n) is 8.18. The van der Waals surface area contributed by atoms with E-state index < -0.39 is 0 Å². The lowest BCUT2D eigenvalue weighted by Crippen LogP contribution is -2.19. The maximum Gasteiger partial charge on any atom is 0.221 e. The molecule has 2 rings (SSSR count). The van der Waals surface area contributed by atoms with Gasteiger partial charge < -0.3 is 20.9 Å². The quantitative estimate of drug-likeness (QED) is 0.364. The number of unbranched alkanes of at least 4 members (excludes halogenated alkanes) is 1. The van der Waals surface area contributed by atoms with Crippen molar-refractivity contribution < 1.29 is 9.59 Å². The van der Waals surface area contributed by atoms with Gasteiger partial charge >= 0.3 is 0 Å². The number of rotatable bonds is 9. The molecule has 0 atom stereocenters. The molecule has 0 aliphatic rings. The van der Waals surface area contributed by atoms with Crippen LogP contribution >= 0.6 is 0 Å². The van der Waals surface area contributed by atoms with E-state index in [0.29, 0.717) is 6.41 Å². The molecule has 0 aliphatic carbocycles. The molecular formula is C27H44N4O2. The van der Waals surface area contributed by atoms with Crippen LogP contribution in [0.2, 0.25) is 0 Å². The van der Waals surface area contributed by atoms with Gasteiger partial charge in [0, 0.05) is 18.3 Å². The first-order valence-electron chi connectivity index (χ1n) is 11.6. The third kappa shape index (κ3) is 13.4. The van der Waals surface area contributed by atoms with Crippen LogP contribution in [0.5, 0.6) is 0 Å². The minimum Gasteiger partial charge on any atom is -0.328 e. The van der Waals surface area contributed by atoms with Crippen LogP contribution in [-0.4, -0.2) is 50.9 Å². The lowest BCUT2D eigenvalue weighted by Gasteiger charge is -2.12. The van der Waals surface area contributed by atoms with Gasteiger partial charge in [-0.2, -0.15) is 0 Å². The molecule has 2 aromatic carbocycles. The molecule has 0 unspecified atom stereocenters. The second kappa shape index (κ2) is 17.8. The molecule has 6 heteroatoms. The molecule has 0 radical (unpaired) electrons. The fourth-order valence-corrected chi connectivity index (χ4v) is 3.13. The van der Waals surface area contributed by atoms with E-state index in [2.05, 4.69) is 34.8 Å². The van der Waals surface area contributed by atoms with Gasteiger partial charge in [-0.25, -0.2) is 0 Å². The zero-order valence-corrected chi connectivity index (χ0v) is 21.8. The Morgan fingerprint density at radius 1 is 0.909 bits per heavy atom. The van der Waals surface area contributed by atoms with Gasteiger partial charge in [-0.05, 0) is 96.5 Å². The van der Waals surface area contributed by atoms with Gasteiger partial charge in [-0.15, -0.1) is 0 Å². The maximum absolute atomic E-state index is 10.8. The van der Waals surface area contributed by atoms with Gasteiger partial charge in [0.2, 0.25) is 12.3 Å². The van der Waals surface area contributed by atoms with E-state index in [1.165, 1.54) is 32.9 Å². The summed E-state index contributed by atoms with van der Waals surface area (Å²) in [7, 11) is 4.17. The normalized spacial score (nSPS) is 9.85. The Labute approximate surface area is 201 Å². The number of nitrogens with zero attached hydrogens (tertiary/aromatic N) is 1. The first-order chi connectivity index (χ1) is 15.7. The van der Waals surface area contributed by atoms with Crippen molar-refractivity contribution >= 4 is 23.7 Å². The highest BCUT2D eigenvalue weighted by Crippen LogP contribution is 2.19. The van der Waals surface area contributed by atoms with E-state index in [1.54, 1.807) is 0 Å². The molecule has 6 nitrogen and oxygen atoms in total. The summed E-state index contributed by atoms with van der Waals surface area (Å²) in [4.78, 5) is 23.3. The summed E-state index contributed by atoms with van der Waals surface area (Å²) in [6.45, 7) is 15.2. The summed E-state index contributed by atoms with van der Waals surface area (Å²) in [6, 6.07) is 11.9. The fraction of sp³-hybridized carbons (Fsp3) is 0.481. The van der Waals surface area contributed by atoms with E-state index in [-0.39, 0.29) is 5.91 Å². The molecule has 2 amide bonds. The summed E-state index contributed by atoms with van der Waals surface area (Å²) in [6.07, 6.45) is 3.31. The van der Waals surface area contributed by atoms with E-state index in [4.69, 9.17) is 0 Å². The standard InChI is InChI=1S/C10H13NO.C9H11NO.C8H20N2/c1-7-5-4-6-8(2)10(7)11-9(3)12;1-7-4-3-5-8(2)9(7)10-6-11;1-4-10(3)8-6-5-7-9-2/h4-6H,1-3H3,(H,11,12);3-6H,1-2H3,(H,10,11);9H,4-8H2,1-3H3.